The number of amides is 2. The van der Waals surface area contributed by atoms with Crippen LogP contribution in [0.3, 0.4) is 0 Å². The van der Waals surface area contributed by atoms with Gasteiger partial charge in [-0.05, 0) is 75.7 Å². The molecule has 0 radical (unpaired) electrons. The second kappa shape index (κ2) is 11.8. The molecule has 2 aromatic rings. The Morgan fingerprint density at radius 3 is 2.50 bits per heavy atom. The third kappa shape index (κ3) is 6.88. The van der Waals surface area contributed by atoms with Gasteiger partial charge in [-0.15, -0.1) is 0 Å². The monoisotopic (exact) mass is 484 g/mol. The number of esters is 1. The van der Waals surface area contributed by atoms with Crippen molar-refractivity contribution in [3.05, 3.63) is 58.8 Å². The quantitative estimate of drug-likeness (QED) is 0.450. The Kier molecular flexibility index (Phi) is 8.79. The molecule has 2 N–H and O–H groups in total. The lowest BCUT2D eigenvalue weighted by Gasteiger charge is -2.34. The molecule has 0 unspecified atom stereocenters. The van der Waals surface area contributed by atoms with Gasteiger partial charge in [0.2, 0.25) is 5.91 Å². The first-order chi connectivity index (χ1) is 16.3. The van der Waals surface area contributed by atoms with Crippen LogP contribution < -0.4 is 10.6 Å². The van der Waals surface area contributed by atoms with E-state index in [1.807, 2.05) is 0 Å². The van der Waals surface area contributed by atoms with Crippen molar-refractivity contribution in [3.8, 4) is 0 Å². The first-order valence-corrected chi connectivity index (χ1v) is 11.5. The predicted octanol–water partition coefficient (Wildman–Crippen LogP) is 4.23. The van der Waals surface area contributed by atoms with Crippen molar-refractivity contribution < 1.29 is 19.1 Å². The Balaban J connectivity index is 1.81. The molecule has 1 fully saturated rings. The highest BCUT2D eigenvalue weighted by atomic mass is 35.5. The van der Waals surface area contributed by atoms with E-state index >= 15 is 0 Å². The SMILES string of the molecule is COC(=O)C=Cc1ccc(NC(=O)C2CCN(C(C)C)CC2)c(C(=O)Nc2ccc(Cl)cn2)c1. The summed E-state index contributed by atoms with van der Waals surface area (Å²) in [5.74, 6) is -0.875. The zero-order chi connectivity index (χ0) is 24.7. The largest absolute Gasteiger partial charge is 0.466 e. The lowest BCUT2D eigenvalue weighted by molar-refractivity contribution is -0.134. The van der Waals surface area contributed by atoms with Crippen LogP contribution in [-0.4, -0.2) is 53.9 Å². The van der Waals surface area contributed by atoms with Gasteiger partial charge < -0.3 is 20.3 Å². The summed E-state index contributed by atoms with van der Waals surface area (Å²) in [5.41, 5.74) is 1.23. The van der Waals surface area contributed by atoms with E-state index in [2.05, 4.69) is 39.1 Å². The molecule has 8 nitrogen and oxygen atoms in total. The Bertz CT molecular complexity index is 1060. The molecule has 0 saturated carbocycles. The third-order valence-corrected chi connectivity index (χ3v) is 5.98. The van der Waals surface area contributed by atoms with Crippen molar-refractivity contribution >= 4 is 47.0 Å². The van der Waals surface area contributed by atoms with E-state index in [-0.39, 0.29) is 17.4 Å². The van der Waals surface area contributed by atoms with Gasteiger partial charge in [0, 0.05) is 24.2 Å². The van der Waals surface area contributed by atoms with Crippen molar-refractivity contribution in [1.29, 1.82) is 0 Å². The number of pyridine rings is 1. The molecule has 1 aliphatic heterocycles. The number of benzene rings is 1. The van der Waals surface area contributed by atoms with Crippen LogP contribution in [0.25, 0.3) is 6.08 Å². The molecule has 1 saturated heterocycles. The number of nitrogens with zero attached hydrogens (tertiary/aromatic N) is 2. The van der Waals surface area contributed by atoms with Crippen LogP contribution in [0.4, 0.5) is 11.5 Å². The molecule has 34 heavy (non-hydrogen) atoms. The standard InChI is InChI=1S/C25H29ClN4O4/c1-16(2)30-12-10-18(11-13-30)24(32)28-21-7-4-17(5-9-23(31)34-3)14-20(21)25(33)29-22-8-6-19(26)15-27-22/h4-9,14-16,18H,10-13H2,1-3H3,(H,28,32)(H,27,29,33). The van der Waals surface area contributed by atoms with Gasteiger partial charge >= 0.3 is 5.97 Å². The highest BCUT2D eigenvalue weighted by Gasteiger charge is 2.27. The molecule has 9 heteroatoms. The average Bonchev–Trinajstić information content (AvgIpc) is 2.84. The van der Waals surface area contributed by atoms with E-state index in [4.69, 9.17) is 11.6 Å². The average molecular weight is 485 g/mol. The zero-order valence-electron chi connectivity index (χ0n) is 19.5. The van der Waals surface area contributed by atoms with Crippen LogP contribution >= 0.6 is 11.6 Å². The lowest BCUT2D eigenvalue weighted by Crippen LogP contribution is -2.41. The van der Waals surface area contributed by atoms with Gasteiger partial charge in [0.15, 0.2) is 0 Å². The highest BCUT2D eigenvalue weighted by molar-refractivity contribution is 6.30. The summed E-state index contributed by atoms with van der Waals surface area (Å²) in [7, 11) is 1.29. The van der Waals surface area contributed by atoms with E-state index in [0.717, 1.165) is 25.9 Å². The van der Waals surface area contributed by atoms with Gasteiger partial charge in [-0.2, -0.15) is 0 Å². The number of nitrogens with one attached hydrogen (secondary N) is 2. The number of hydrogen-bond acceptors (Lipinski definition) is 6. The molecule has 0 atom stereocenters. The molecular formula is C25H29ClN4O4. The van der Waals surface area contributed by atoms with E-state index in [0.29, 0.717) is 28.1 Å². The number of anilines is 2. The second-order valence-electron chi connectivity index (χ2n) is 8.37. The van der Waals surface area contributed by atoms with E-state index < -0.39 is 11.9 Å². The highest BCUT2D eigenvalue weighted by Crippen LogP contribution is 2.24. The number of hydrogen-bond donors (Lipinski definition) is 2. The Morgan fingerprint density at radius 2 is 1.88 bits per heavy atom. The topological polar surface area (TPSA) is 101 Å². The zero-order valence-corrected chi connectivity index (χ0v) is 20.3. The van der Waals surface area contributed by atoms with Gasteiger partial charge in [-0.25, -0.2) is 9.78 Å². The maximum Gasteiger partial charge on any atom is 0.330 e. The summed E-state index contributed by atoms with van der Waals surface area (Å²) < 4.78 is 4.62. The Morgan fingerprint density at radius 1 is 1.15 bits per heavy atom. The third-order valence-electron chi connectivity index (χ3n) is 5.76. The van der Waals surface area contributed by atoms with Crippen LogP contribution in [0.1, 0.15) is 42.6 Å². The van der Waals surface area contributed by atoms with Gasteiger partial charge in [-0.3, -0.25) is 9.59 Å². The molecule has 0 spiro atoms. The number of carbonyl (C=O) groups excluding carboxylic acids is 3. The van der Waals surface area contributed by atoms with Crippen molar-refractivity contribution in [3.63, 3.8) is 0 Å². The Labute approximate surface area is 204 Å². The lowest BCUT2D eigenvalue weighted by atomic mass is 9.94. The molecule has 3 rings (SSSR count). The summed E-state index contributed by atoms with van der Waals surface area (Å²) in [6, 6.07) is 8.62. The van der Waals surface area contributed by atoms with Crippen molar-refractivity contribution in [2.24, 2.45) is 5.92 Å². The first-order valence-electron chi connectivity index (χ1n) is 11.1. The molecule has 0 bridgehead atoms. The number of piperidine rings is 1. The summed E-state index contributed by atoms with van der Waals surface area (Å²) in [4.78, 5) is 44.0. The molecule has 2 amide bonds. The summed E-state index contributed by atoms with van der Waals surface area (Å²) in [5, 5.41) is 6.09. The summed E-state index contributed by atoms with van der Waals surface area (Å²) in [6.07, 6.45) is 5.76. The Hall–Kier alpha value is -3.23. The molecule has 180 valence electrons. The summed E-state index contributed by atoms with van der Waals surface area (Å²) in [6.45, 7) is 6.03. The maximum atomic E-state index is 13.1. The van der Waals surface area contributed by atoms with Gasteiger partial charge in [0.05, 0.1) is 23.4 Å². The smallest absolute Gasteiger partial charge is 0.330 e. The fourth-order valence-electron chi connectivity index (χ4n) is 3.74. The molecule has 2 heterocycles. The molecule has 1 aromatic heterocycles. The van der Waals surface area contributed by atoms with Crippen LogP contribution in [0.5, 0.6) is 0 Å². The van der Waals surface area contributed by atoms with Gasteiger partial charge in [0.1, 0.15) is 5.82 Å². The number of halogens is 1. The number of ether oxygens (including phenoxy) is 1. The number of likely N-dealkylation sites (tertiary alicyclic amines) is 1. The fraction of sp³-hybridized carbons (Fsp3) is 0.360. The maximum absolute atomic E-state index is 13.1. The van der Waals surface area contributed by atoms with Crippen LogP contribution in [0.15, 0.2) is 42.6 Å². The van der Waals surface area contributed by atoms with Crippen molar-refractivity contribution in [2.45, 2.75) is 32.7 Å². The molecular weight excluding hydrogens is 456 g/mol. The normalized spacial score (nSPS) is 14.9. The van der Waals surface area contributed by atoms with E-state index in [9.17, 15) is 14.4 Å². The van der Waals surface area contributed by atoms with Crippen molar-refractivity contribution in [2.75, 3.05) is 30.8 Å². The minimum absolute atomic E-state index is 0.111. The minimum Gasteiger partial charge on any atom is -0.466 e. The fourth-order valence-corrected chi connectivity index (χ4v) is 3.85. The predicted molar refractivity (Wildman–Crippen MR) is 133 cm³/mol. The first kappa shape index (κ1) is 25.4. The van der Waals surface area contributed by atoms with E-state index in [1.54, 1.807) is 30.3 Å². The molecule has 1 aliphatic rings. The van der Waals surface area contributed by atoms with Crippen LogP contribution in [0.2, 0.25) is 5.02 Å². The number of rotatable bonds is 7. The van der Waals surface area contributed by atoms with Crippen LogP contribution in [0, 0.1) is 5.92 Å². The molecule has 1 aromatic carbocycles. The number of methoxy groups -OCH3 is 1. The van der Waals surface area contributed by atoms with Crippen LogP contribution in [-0.2, 0) is 14.3 Å². The number of carbonyl (C=O) groups is 3. The second-order valence-corrected chi connectivity index (χ2v) is 8.81. The van der Waals surface area contributed by atoms with Gasteiger partial charge in [0.25, 0.3) is 5.91 Å². The molecule has 0 aliphatic carbocycles. The minimum atomic E-state index is -0.513. The van der Waals surface area contributed by atoms with Gasteiger partial charge in [-0.1, -0.05) is 17.7 Å². The van der Waals surface area contributed by atoms with Crippen molar-refractivity contribution in [1.82, 2.24) is 9.88 Å². The number of aromatic nitrogens is 1. The summed E-state index contributed by atoms with van der Waals surface area (Å²) >= 11 is 5.87. The van der Waals surface area contributed by atoms with E-state index in [1.165, 1.54) is 25.5 Å².